The summed E-state index contributed by atoms with van der Waals surface area (Å²) >= 11 is 0. The minimum Gasteiger partial charge on any atom is -0.454 e. The molecule has 0 saturated heterocycles. The van der Waals surface area contributed by atoms with E-state index in [1.165, 1.54) is 18.0 Å². The molecule has 4 aliphatic carbocycles. The van der Waals surface area contributed by atoms with Crippen LogP contribution in [0.3, 0.4) is 0 Å². The van der Waals surface area contributed by atoms with Crippen LogP contribution < -0.4 is 0 Å². The van der Waals surface area contributed by atoms with Crippen LogP contribution in [0.1, 0.15) is 75.6 Å². The predicted molar refractivity (Wildman–Crippen MR) is 121 cm³/mol. The second-order valence-corrected chi connectivity index (χ2v) is 11.1. The van der Waals surface area contributed by atoms with Crippen LogP contribution in [-0.2, 0) is 14.3 Å². The number of ether oxygens (including phenoxy) is 1. The summed E-state index contributed by atoms with van der Waals surface area (Å²) < 4.78 is 5.28. The van der Waals surface area contributed by atoms with Crippen LogP contribution in [0.5, 0.6) is 0 Å². The number of allylic oxidation sites excluding steroid dienone is 1. The summed E-state index contributed by atoms with van der Waals surface area (Å²) in [5, 5.41) is 11.7. The van der Waals surface area contributed by atoms with Crippen molar-refractivity contribution in [2.24, 2.45) is 28.6 Å². The summed E-state index contributed by atoms with van der Waals surface area (Å²) in [6.45, 7) is 3.98. The molecule has 0 aromatic carbocycles. The first-order valence-corrected chi connectivity index (χ1v) is 12.3. The van der Waals surface area contributed by atoms with Gasteiger partial charge >= 0.3 is 5.97 Å². The van der Waals surface area contributed by atoms with E-state index in [0.29, 0.717) is 30.2 Å². The fourth-order valence-corrected chi connectivity index (χ4v) is 7.86. The molecule has 0 bridgehead atoms. The van der Waals surface area contributed by atoms with Crippen molar-refractivity contribution in [3.63, 3.8) is 0 Å². The standard InChI is InChI=1S/C27H33NO5/c1-25-10-5-19(29)15-18(25)3-4-20-21(25)6-11-26(2)22(20)7-12-27(26,32)23(30)16-33-24(31)17-8-13-28-14-9-17/h8-9,13-15,20-22,32H,3-7,10-12,16H2,1-2H3/t20-,21+,22+,25+,26+,27-/m1/s1. The second-order valence-electron chi connectivity index (χ2n) is 11.1. The Labute approximate surface area is 194 Å². The molecule has 5 rings (SSSR count). The monoisotopic (exact) mass is 451 g/mol. The number of carbonyl (C=O) groups is 3. The number of hydrogen-bond donors (Lipinski definition) is 1. The summed E-state index contributed by atoms with van der Waals surface area (Å²) in [7, 11) is 0. The normalized spacial score (nSPS) is 39.7. The fraction of sp³-hybridized carbons (Fsp3) is 0.630. The Balaban J connectivity index is 1.33. The zero-order chi connectivity index (χ0) is 23.4. The molecule has 3 saturated carbocycles. The van der Waals surface area contributed by atoms with Crippen LogP contribution in [0, 0.1) is 28.6 Å². The Bertz CT molecular complexity index is 1020. The highest BCUT2D eigenvalue weighted by molar-refractivity contribution is 5.94. The molecule has 33 heavy (non-hydrogen) atoms. The van der Waals surface area contributed by atoms with Crippen LogP contribution in [0.4, 0.5) is 0 Å². The van der Waals surface area contributed by atoms with Gasteiger partial charge in [0, 0.05) is 24.2 Å². The van der Waals surface area contributed by atoms with Gasteiger partial charge in [-0.05, 0) is 86.3 Å². The van der Waals surface area contributed by atoms with Gasteiger partial charge in [0.1, 0.15) is 5.60 Å². The molecular formula is C27H33NO5. The number of pyridine rings is 1. The summed E-state index contributed by atoms with van der Waals surface area (Å²) in [4.78, 5) is 41.5. The number of fused-ring (bicyclic) bond motifs is 5. The largest absolute Gasteiger partial charge is 0.454 e. The van der Waals surface area contributed by atoms with Crippen LogP contribution in [0.15, 0.2) is 36.2 Å². The zero-order valence-electron chi connectivity index (χ0n) is 19.5. The van der Waals surface area contributed by atoms with Gasteiger partial charge in [-0.25, -0.2) is 4.79 Å². The summed E-state index contributed by atoms with van der Waals surface area (Å²) in [6.07, 6.45) is 11.3. The maximum absolute atomic E-state index is 13.3. The first-order valence-electron chi connectivity index (χ1n) is 12.3. The van der Waals surface area contributed by atoms with Crippen LogP contribution in [0.25, 0.3) is 0 Å². The highest BCUT2D eigenvalue weighted by atomic mass is 16.5. The smallest absolute Gasteiger partial charge is 0.338 e. The van der Waals surface area contributed by atoms with Crippen LogP contribution in [-0.4, -0.2) is 39.8 Å². The maximum Gasteiger partial charge on any atom is 0.338 e. The number of hydrogen-bond acceptors (Lipinski definition) is 6. The van der Waals surface area contributed by atoms with Gasteiger partial charge in [-0.2, -0.15) is 0 Å². The lowest BCUT2D eigenvalue weighted by Gasteiger charge is -2.58. The Hall–Kier alpha value is -2.34. The molecule has 4 aliphatic rings. The number of aromatic nitrogens is 1. The van der Waals surface area contributed by atoms with E-state index in [2.05, 4.69) is 18.8 Å². The molecule has 6 nitrogen and oxygen atoms in total. The Morgan fingerprint density at radius 1 is 1.06 bits per heavy atom. The van der Waals surface area contributed by atoms with Crippen molar-refractivity contribution in [2.45, 2.75) is 70.8 Å². The number of ketones is 2. The van der Waals surface area contributed by atoms with Gasteiger partial charge in [-0.15, -0.1) is 0 Å². The minimum atomic E-state index is -1.47. The van der Waals surface area contributed by atoms with Gasteiger partial charge in [0.25, 0.3) is 0 Å². The van der Waals surface area contributed by atoms with Gasteiger partial charge in [0.05, 0.1) is 5.56 Å². The Morgan fingerprint density at radius 2 is 1.79 bits per heavy atom. The molecule has 1 aromatic rings. The predicted octanol–water partition coefficient (Wildman–Crippen LogP) is 4.07. The number of aliphatic hydroxyl groups is 1. The highest BCUT2D eigenvalue weighted by Gasteiger charge is 2.66. The number of esters is 1. The van der Waals surface area contributed by atoms with E-state index in [1.54, 1.807) is 12.1 Å². The van der Waals surface area contributed by atoms with Gasteiger partial charge in [-0.1, -0.05) is 19.4 Å². The molecule has 1 heterocycles. The number of rotatable bonds is 4. The average Bonchev–Trinajstić information content (AvgIpc) is 3.10. The van der Waals surface area contributed by atoms with Crippen LogP contribution in [0.2, 0.25) is 0 Å². The summed E-state index contributed by atoms with van der Waals surface area (Å²) in [5.74, 6) is 0.482. The third kappa shape index (κ3) is 3.32. The summed E-state index contributed by atoms with van der Waals surface area (Å²) in [6, 6.07) is 3.09. The van der Waals surface area contributed by atoms with E-state index >= 15 is 0 Å². The van der Waals surface area contributed by atoms with Crippen molar-refractivity contribution < 1.29 is 24.2 Å². The number of Topliss-reactive ketones (excluding diaryl/α,β-unsaturated/α-hetero) is 1. The molecule has 0 unspecified atom stereocenters. The third-order valence-corrected chi connectivity index (χ3v) is 9.83. The van der Waals surface area contributed by atoms with Gasteiger partial charge in [0.2, 0.25) is 5.78 Å². The van der Waals surface area contributed by atoms with E-state index in [0.717, 1.165) is 38.5 Å². The number of carbonyl (C=O) groups excluding carboxylic acids is 3. The minimum absolute atomic E-state index is 0.0585. The lowest BCUT2D eigenvalue weighted by atomic mass is 9.46. The molecule has 0 aliphatic heterocycles. The molecule has 1 N–H and O–H groups in total. The average molecular weight is 452 g/mol. The Morgan fingerprint density at radius 3 is 2.55 bits per heavy atom. The van der Waals surface area contributed by atoms with Crippen molar-refractivity contribution in [2.75, 3.05) is 6.61 Å². The Kier molecular flexibility index (Phi) is 5.35. The van der Waals surface area contributed by atoms with Crippen molar-refractivity contribution in [1.82, 2.24) is 4.98 Å². The molecule has 0 spiro atoms. The highest BCUT2D eigenvalue weighted by Crippen LogP contribution is 2.67. The van der Waals surface area contributed by atoms with E-state index < -0.39 is 23.6 Å². The van der Waals surface area contributed by atoms with E-state index in [4.69, 9.17) is 4.74 Å². The van der Waals surface area contributed by atoms with Gasteiger partial charge in [0.15, 0.2) is 12.4 Å². The lowest BCUT2D eigenvalue weighted by molar-refractivity contribution is -0.164. The molecule has 0 radical (unpaired) electrons. The van der Waals surface area contributed by atoms with Gasteiger partial charge in [-0.3, -0.25) is 14.6 Å². The first kappa shape index (κ1) is 22.5. The van der Waals surface area contributed by atoms with E-state index in [1.807, 2.05) is 6.08 Å². The van der Waals surface area contributed by atoms with Crippen molar-refractivity contribution in [1.29, 1.82) is 0 Å². The summed E-state index contributed by atoms with van der Waals surface area (Å²) in [5.41, 5.74) is -0.276. The van der Waals surface area contributed by atoms with E-state index in [9.17, 15) is 19.5 Å². The molecule has 6 heteroatoms. The number of nitrogens with zero attached hydrogens (tertiary/aromatic N) is 1. The fourth-order valence-electron chi connectivity index (χ4n) is 7.86. The van der Waals surface area contributed by atoms with Crippen molar-refractivity contribution in [3.05, 3.63) is 41.7 Å². The van der Waals surface area contributed by atoms with E-state index in [-0.39, 0.29) is 22.9 Å². The lowest BCUT2D eigenvalue weighted by Crippen LogP contribution is -2.58. The molecular weight excluding hydrogens is 418 g/mol. The van der Waals surface area contributed by atoms with Crippen molar-refractivity contribution >= 4 is 17.5 Å². The second kappa shape index (κ2) is 7.86. The molecule has 0 amide bonds. The maximum atomic E-state index is 13.3. The quantitative estimate of drug-likeness (QED) is 0.694. The van der Waals surface area contributed by atoms with Crippen LogP contribution >= 0.6 is 0 Å². The topological polar surface area (TPSA) is 93.6 Å². The zero-order valence-corrected chi connectivity index (χ0v) is 19.5. The third-order valence-electron chi connectivity index (χ3n) is 9.83. The van der Waals surface area contributed by atoms with Gasteiger partial charge < -0.3 is 9.84 Å². The molecule has 6 atom stereocenters. The van der Waals surface area contributed by atoms with Crippen molar-refractivity contribution in [3.8, 4) is 0 Å². The molecule has 3 fully saturated rings. The first-order chi connectivity index (χ1) is 15.7. The molecule has 176 valence electrons. The SMILES string of the molecule is C[C@]12CCC(=O)C=C1CC[C@@H]1[C@@H]2CC[C@@]2(C)[C@H]1CC[C@@]2(O)C(=O)COC(=O)c1ccncc1. The molecule has 1 aromatic heterocycles.